The molecule has 2 fully saturated rings. The predicted molar refractivity (Wildman–Crippen MR) is 157 cm³/mol. The molecule has 2 aliphatic rings. The van der Waals surface area contributed by atoms with Crippen molar-refractivity contribution in [3.63, 3.8) is 0 Å². The number of hydrogen-bond donors (Lipinski definition) is 2. The maximum absolute atomic E-state index is 12.7. The molecule has 2 saturated heterocycles. The zero-order valence-corrected chi connectivity index (χ0v) is 23.6. The van der Waals surface area contributed by atoms with E-state index in [1.165, 1.54) is 19.3 Å². The van der Waals surface area contributed by atoms with Crippen molar-refractivity contribution in [1.82, 2.24) is 20.2 Å². The van der Waals surface area contributed by atoms with Crippen LogP contribution in [-0.4, -0.2) is 82.8 Å². The second-order valence-electron chi connectivity index (χ2n) is 9.42. The van der Waals surface area contributed by atoms with Crippen LogP contribution in [0.3, 0.4) is 0 Å². The highest BCUT2D eigenvalue weighted by atomic mass is 32.2. The number of nitrogens with zero attached hydrogens (tertiary/aromatic N) is 5. The van der Waals surface area contributed by atoms with E-state index in [1.54, 1.807) is 16.2 Å². The number of hydrogen-bond acceptors (Lipinski definition) is 9. The lowest BCUT2D eigenvalue weighted by Crippen LogP contribution is -2.54. The van der Waals surface area contributed by atoms with Gasteiger partial charge in [-0.05, 0) is 55.2 Å². The normalized spacial score (nSPS) is 16.2. The minimum atomic E-state index is -0.708. The Labute approximate surface area is 232 Å². The van der Waals surface area contributed by atoms with Crippen molar-refractivity contribution in [2.45, 2.75) is 39.2 Å². The second-order valence-corrected chi connectivity index (χ2v) is 11.0. The molecule has 0 saturated carbocycles. The molecular weight excluding hydrogens is 520 g/mol. The van der Waals surface area contributed by atoms with Gasteiger partial charge in [-0.25, -0.2) is 9.97 Å². The molecule has 2 amide bonds. The topological polar surface area (TPSA) is 102 Å². The molecule has 3 aromatic rings. The van der Waals surface area contributed by atoms with Crippen molar-refractivity contribution in [2.24, 2.45) is 0 Å². The number of thiazole rings is 1. The molecule has 11 heteroatoms. The van der Waals surface area contributed by atoms with Crippen molar-refractivity contribution in [3.8, 4) is 10.6 Å². The Bertz CT molecular complexity index is 1190. The van der Waals surface area contributed by atoms with Crippen LogP contribution < -0.4 is 15.1 Å². The first kappa shape index (κ1) is 28.1. The molecule has 0 radical (unpaired) electrons. The number of rotatable bonds is 8. The molecular formula is C27H36N6O3S2. The highest BCUT2D eigenvalue weighted by Crippen LogP contribution is 2.33. The number of benzene rings is 1. The molecule has 204 valence electrons. The molecule has 9 nitrogen and oxygen atoms in total. The number of nitrogens with one attached hydrogen (secondary N) is 1. The van der Waals surface area contributed by atoms with E-state index in [-0.39, 0.29) is 11.7 Å². The number of aromatic nitrogens is 2. The van der Waals surface area contributed by atoms with Gasteiger partial charge in [-0.1, -0.05) is 20.3 Å². The summed E-state index contributed by atoms with van der Waals surface area (Å²) >= 11 is 2.22. The summed E-state index contributed by atoms with van der Waals surface area (Å²) < 4.78 is 10.2. The fraction of sp³-hybridized carbons (Fsp3) is 0.481. The van der Waals surface area contributed by atoms with Gasteiger partial charge in [0.15, 0.2) is 0 Å². The van der Waals surface area contributed by atoms with Gasteiger partial charge < -0.3 is 24.6 Å². The maximum Gasteiger partial charge on any atom is 0.246 e. The van der Waals surface area contributed by atoms with E-state index in [9.17, 15) is 9.59 Å². The first-order chi connectivity index (χ1) is 18.6. The van der Waals surface area contributed by atoms with Gasteiger partial charge in [0, 0.05) is 62.5 Å². The van der Waals surface area contributed by atoms with Crippen LogP contribution in [0.15, 0.2) is 36.5 Å². The van der Waals surface area contributed by atoms with E-state index in [0.29, 0.717) is 44.6 Å². The molecule has 4 heterocycles. The van der Waals surface area contributed by atoms with Crippen molar-refractivity contribution < 1.29 is 14.1 Å². The van der Waals surface area contributed by atoms with Crippen LogP contribution in [0.25, 0.3) is 20.8 Å². The Hall–Kier alpha value is -2.89. The van der Waals surface area contributed by atoms with Crippen LogP contribution in [0, 0.1) is 0 Å². The first-order valence-electron chi connectivity index (χ1n) is 13.2. The summed E-state index contributed by atoms with van der Waals surface area (Å²) in [6.07, 6.45) is 6.14. The number of amides is 2. The average molecular weight is 557 g/mol. The molecule has 2 N–H and O–H groups in total. The Balaban J connectivity index is 0.00000107. The summed E-state index contributed by atoms with van der Waals surface area (Å²) in [7, 11) is 0. The number of pyridine rings is 1. The largest absolute Gasteiger partial charge is 0.368 e. The van der Waals surface area contributed by atoms with Gasteiger partial charge in [-0.2, -0.15) is 0 Å². The third-order valence-corrected chi connectivity index (χ3v) is 8.11. The molecule has 0 spiro atoms. The monoisotopic (exact) mass is 556 g/mol. The molecule has 0 bridgehead atoms. The third kappa shape index (κ3) is 6.75. The SMILES string of the molecule is CCC.O=CNC(CSO)C(=O)N1CCN(c2ccc3nc(-c4ccc(N5CCCC5)nc4)sc3c2)CC1. The van der Waals surface area contributed by atoms with Crippen molar-refractivity contribution >= 4 is 57.4 Å². The molecule has 1 unspecified atom stereocenters. The summed E-state index contributed by atoms with van der Waals surface area (Å²) in [5.41, 5.74) is 3.11. The summed E-state index contributed by atoms with van der Waals surface area (Å²) in [6, 6.07) is 9.79. The van der Waals surface area contributed by atoms with Gasteiger partial charge in [0.2, 0.25) is 12.3 Å². The maximum atomic E-state index is 12.7. The summed E-state index contributed by atoms with van der Waals surface area (Å²) in [4.78, 5) is 39.3. The highest BCUT2D eigenvalue weighted by molar-refractivity contribution is 7.93. The fourth-order valence-electron chi connectivity index (χ4n) is 4.63. The van der Waals surface area contributed by atoms with E-state index in [2.05, 4.69) is 64.3 Å². The molecule has 0 aliphatic carbocycles. The van der Waals surface area contributed by atoms with Crippen LogP contribution in [0.1, 0.15) is 33.1 Å². The Kier molecular flexibility index (Phi) is 10.2. The molecule has 38 heavy (non-hydrogen) atoms. The standard InChI is InChI=1S/C24H28N6O3S2.C3H8/c31-16-26-20(15-34-33)24(32)30-11-9-28(10-12-30)18-4-5-19-21(13-18)35-23(27-19)17-3-6-22(25-14-17)29-7-1-2-8-29;1-3-2/h3-6,13-14,16,20,33H,1-2,7-12,15H2,(H,26,31);3H2,1-2H3. The molecule has 5 rings (SSSR count). The van der Waals surface area contributed by atoms with Gasteiger partial charge in [0.25, 0.3) is 0 Å². The van der Waals surface area contributed by atoms with Gasteiger partial charge >= 0.3 is 0 Å². The van der Waals surface area contributed by atoms with E-state index in [4.69, 9.17) is 9.54 Å². The number of carbonyl (C=O) groups excluding carboxylic acids is 2. The van der Waals surface area contributed by atoms with Crippen LogP contribution in [0.4, 0.5) is 11.5 Å². The summed E-state index contributed by atoms with van der Waals surface area (Å²) in [5.74, 6) is 1.01. The Morgan fingerprint density at radius 2 is 1.84 bits per heavy atom. The lowest BCUT2D eigenvalue weighted by molar-refractivity contribution is -0.134. The van der Waals surface area contributed by atoms with E-state index in [1.807, 2.05) is 6.20 Å². The quantitative estimate of drug-likeness (QED) is 0.312. The summed E-state index contributed by atoms with van der Waals surface area (Å²) in [5, 5.41) is 3.46. The second kappa shape index (κ2) is 13.8. The predicted octanol–water partition coefficient (Wildman–Crippen LogP) is 4.34. The fourth-order valence-corrected chi connectivity index (χ4v) is 6.01. The van der Waals surface area contributed by atoms with Crippen molar-refractivity contribution in [2.75, 3.05) is 54.8 Å². The molecule has 2 aromatic heterocycles. The first-order valence-corrected chi connectivity index (χ1v) is 15.0. The van der Waals surface area contributed by atoms with E-state index >= 15 is 0 Å². The van der Waals surface area contributed by atoms with Gasteiger partial charge in [0.05, 0.1) is 10.2 Å². The van der Waals surface area contributed by atoms with Crippen molar-refractivity contribution in [3.05, 3.63) is 36.5 Å². The highest BCUT2D eigenvalue weighted by Gasteiger charge is 2.27. The van der Waals surface area contributed by atoms with Crippen molar-refractivity contribution in [1.29, 1.82) is 0 Å². The minimum Gasteiger partial charge on any atom is -0.368 e. The van der Waals surface area contributed by atoms with Crippen LogP contribution >= 0.6 is 23.4 Å². The van der Waals surface area contributed by atoms with Gasteiger partial charge in [0.1, 0.15) is 16.9 Å². The van der Waals surface area contributed by atoms with Crippen LogP contribution in [-0.2, 0) is 9.59 Å². The lowest BCUT2D eigenvalue weighted by atomic mass is 10.2. The molecule has 1 atom stereocenters. The number of anilines is 2. The van der Waals surface area contributed by atoms with E-state index in [0.717, 1.165) is 45.4 Å². The Morgan fingerprint density at radius 3 is 2.47 bits per heavy atom. The van der Waals surface area contributed by atoms with Crippen LogP contribution in [0.2, 0.25) is 0 Å². The number of piperazine rings is 1. The zero-order chi connectivity index (χ0) is 26.9. The summed E-state index contributed by atoms with van der Waals surface area (Å²) in [6.45, 7) is 8.93. The lowest BCUT2D eigenvalue weighted by Gasteiger charge is -2.37. The van der Waals surface area contributed by atoms with Gasteiger partial charge in [-0.3, -0.25) is 9.59 Å². The molecule has 1 aromatic carbocycles. The van der Waals surface area contributed by atoms with E-state index < -0.39 is 6.04 Å². The van der Waals surface area contributed by atoms with Gasteiger partial charge in [-0.15, -0.1) is 11.3 Å². The molecule has 2 aliphatic heterocycles. The smallest absolute Gasteiger partial charge is 0.246 e. The number of fused-ring (bicyclic) bond motifs is 1. The minimum absolute atomic E-state index is 0.138. The number of carbonyl (C=O) groups is 2. The van der Waals surface area contributed by atoms with Crippen LogP contribution in [0.5, 0.6) is 0 Å². The third-order valence-electron chi connectivity index (χ3n) is 6.56. The average Bonchev–Trinajstić information content (AvgIpc) is 3.63. The zero-order valence-electron chi connectivity index (χ0n) is 22.0. The Morgan fingerprint density at radius 1 is 1.11 bits per heavy atom.